The number of nitrogens with one attached hydrogen (secondary N) is 3. The molecule has 3 N–H and O–H groups in total. The summed E-state index contributed by atoms with van der Waals surface area (Å²) in [6, 6.07) is 9.71. The van der Waals surface area contributed by atoms with Crippen molar-refractivity contribution in [1.82, 2.24) is 30.0 Å². The van der Waals surface area contributed by atoms with E-state index in [1.165, 1.54) is 57.6 Å². The number of aromatic nitrogens is 4. The molecule has 2 aliphatic rings. The van der Waals surface area contributed by atoms with Crippen molar-refractivity contribution in [2.75, 3.05) is 67.9 Å². The summed E-state index contributed by atoms with van der Waals surface area (Å²) < 4.78 is 0. The van der Waals surface area contributed by atoms with Gasteiger partial charge in [0.2, 0.25) is 5.91 Å². The molecule has 0 atom stereocenters. The molecule has 2 saturated heterocycles. The first-order valence-electron chi connectivity index (χ1n) is 13.9. The molecule has 2 fully saturated rings. The molecule has 39 heavy (non-hydrogen) atoms. The van der Waals surface area contributed by atoms with E-state index in [1.807, 2.05) is 37.3 Å². The summed E-state index contributed by atoms with van der Waals surface area (Å²) in [5, 5.41) is 14.2. The van der Waals surface area contributed by atoms with Gasteiger partial charge in [-0.15, -0.1) is 0 Å². The minimum atomic E-state index is -0.0853. The Morgan fingerprint density at radius 3 is 2.28 bits per heavy atom. The van der Waals surface area contributed by atoms with Crippen molar-refractivity contribution in [3.8, 4) is 0 Å². The zero-order valence-electron chi connectivity index (χ0n) is 23.2. The minimum Gasteiger partial charge on any atom is -0.354 e. The minimum absolute atomic E-state index is 0.0853. The Morgan fingerprint density at radius 2 is 1.64 bits per heavy atom. The number of rotatable bonds is 9. The van der Waals surface area contributed by atoms with Gasteiger partial charge >= 0.3 is 0 Å². The number of carbonyl (C=O) groups is 1. The zero-order valence-corrected chi connectivity index (χ0v) is 24.0. The number of likely N-dealkylation sites (tertiary alicyclic amines) is 1. The van der Waals surface area contributed by atoms with E-state index in [0.29, 0.717) is 5.16 Å². The molecule has 3 aromatic rings. The average molecular weight is 550 g/mol. The molecule has 0 saturated carbocycles. The molecular weight excluding hydrogens is 510 g/mol. The molecule has 11 heteroatoms. The third-order valence-corrected chi connectivity index (χ3v) is 8.16. The highest BCUT2D eigenvalue weighted by Gasteiger charge is 2.23. The van der Waals surface area contributed by atoms with E-state index in [4.69, 9.17) is 9.97 Å². The van der Waals surface area contributed by atoms with Crippen molar-refractivity contribution in [3.63, 3.8) is 0 Å². The molecule has 4 heterocycles. The van der Waals surface area contributed by atoms with Crippen molar-refractivity contribution in [1.29, 1.82) is 0 Å². The number of hydrogen-bond acceptors (Lipinski definition) is 9. The van der Waals surface area contributed by atoms with E-state index in [-0.39, 0.29) is 5.91 Å². The van der Waals surface area contributed by atoms with Crippen molar-refractivity contribution in [3.05, 3.63) is 41.6 Å². The fourth-order valence-corrected chi connectivity index (χ4v) is 5.88. The molecule has 2 aromatic heterocycles. The van der Waals surface area contributed by atoms with Crippen LogP contribution in [0.4, 0.5) is 23.1 Å². The Balaban J connectivity index is 1.30. The Morgan fingerprint density at radius 1 is 0.949 bits per heavy atom. The first kappa shape index (κ1) is 27.4. The molecule has 1 amide bonds. The normalized spacial score (nSPS) is 16.8. The molecular formula is C28H39N9OS. The summed E-state index contributed by atoms with van der Waals surface area (Å²) >= 11 is 1.51. The molecule has 0 unspecified atom stereocenters. The summed E-state index contributed by atoms with van der Waals surface area (Å²) in [7, 11) is 0. The van der Waals surface area contributed by atoms with E-state index in [1.54, 1.807) is 0 Å². The van der Waals surface area contributed by atoms with E-state index < -0.39 is 0 Å². The SMILES string of the molecule is CC(=O)Nc1ccc(Sc2nc(Nc3cc(C)[nH]n3)c(C)c(N3CCN(CCN4CCCCC4)CC3)n2)cc1. The van der Waals surface area contributed by atoms with Crippen molar-refractivity contribution >= 4 is 40.8 Å². The van der Waals surface area contributed by atoms with Gasteiger partial charge in [0, 0.05) is 74.1 Å². The van der Waals surface area contributed by atoms with Crippen LogP contribution in [-0.4, -0.2) is 88.2 Å². The van der Waals surface area contributed by atoms with Gasteiger partial charge in [0.05, 0.1) is 0 Å². The van der Waals surface area contributed by atoms with Gasteiger partial charge in [0.25, 0.3) is 0 Å². The third kappa shape index (κ3) is 7.49. The van der Waals surface area contributed by atoms with Crippen molar-refractivity contribution in [2.24, 2.45) is 0 Å². The van der Waals surface area contributed by atoms with Gasteiger partial charge in [-0.25, -0.2) is 9.97 Å². The number of hydrogen-bond donors (Lipinski definition) is 3. The number of anilines is 4. The monoisotopic (exact) mass is 549 g/mol. The van der Waals surface area contributed by atoms with Crippen LogP contribution in [0.1, 0.15) is 37.4 Å². The maximum atomic E-state index is 11.4. The molecule has 1 aromatic carbocycles. The fraction of sp³-hybridized carbons (Fsp3) is 0.500. The zero-order chi connectivity index (χ0) is 27.2. The Labute approximate surface area is 235 Å². The number of carbonyl (C=O) groups excluding carboxylic acids is 1. The maximum Gasteiger partial charge on any atom is 0.221 e. The van der Waals surface area contributed by atoms with Gasteiger partial charge in [-0.2, -0.15) is 5.10 Å². The molecule has 208 valence electrons. The van der Waals surface area contributed by atoms with Gasteiger partial charge in [0.1, 0.15) is 11.6 Å². The molecule has 0 aliphatic carbocycles. The molecule has 0 radical (unpaired) electrons. The number of aromatic amines is 1. The van der Waals surface area contributed by atoms with E-state index >= 15 is 0 Å². The van der Waals surface area contributed by atoms with Crippen LogP contribution in [0.2, 0.25) is 0 Å². The molecule has 0 spiro atoms. The van der Waals surface area contributed by atoms with Gasteiger partial charge < -0.3 is 20.4 Å². The molecule has 0 bridgehead atoms. The predicted octanol–water partition coefficient (Wildman–Crippen LogP) is 4.28. The average Bonchev–Trinajstić information content (AvgIpc) is 3.35. The lowest BCUT2D eigenvalue weighted by molar-refractivity contribution is -0.114. The molecule has 5 rings (SSSR count). The van der Waals surface area contributed by atoms with Crippen LogP contribution in [0.3, 0.4) is 0 Å². The summed E-state index contributed by atoms with van der Waals surface area (Å²) in [6.07, 6.45) is 4.07. The first-order chi connectivity index (χ1) is 18.9. The van der Waals surface area contributed by atoms with E-state index in [0.717, 1.165) is 72.0 Å². The van der Waals surface area contributed by atoms with Crippen LogP contribution in [0.15, 0.2) is 40.4 Å². The second kappa shape index (κ2) is 12.8. The largest absolute Gasteiger partial charge is 0.354 e. The lowest BCUT2D eigenvalue weighted by atomic mass is 10.1. The highest BCUT2D eigenvalue weighted by atomic mass is 32.2. The number of piperazine rings is 1. The van der Waals surface area contributed by atoms with Gasteiger partial charge in [0.15, 0.2) is 11.0 Å². The van der Waals surface area contributed by atoms with Gasteiger partial charge in [-0.05, 0) is 75.8 Å². The first-order valence-corrected chi connectivity index (χ1v) is 14.7. The quantitative estimate of drug-likeness (QED) is 0.337. The van der Waals surface area contributed by atoms with Crippen molar-refractivity contribution < 1.29 is 4.79 Å². The highest BCUT2D eigenvalue weighted by Crippen LogP contribution is 2.33. The standard InChI is InChI=1S/C28H39N9OS/c1-20-19-25(34-33-20)30-26-21(2)27(32-28(31-26)39-24-9-7-23(8-10-24)29-22(3)38)37-17-15-36(16-18-37)14-13-35-11-5-4-6-12-35/h7-10,19H,4-6,11-18H2,1-3H3,(H,29,38)(H2,30,31,32,33,34). The van der Waals surface area contributed by atoms with Crippen LogP contribution in [0.25, 0.3) is 0 Å². The third-order valence-electron chi connectivity index (χ3n) is 7.29. The van der Waals surface area contributed by atoms with E-state index in [9.17, 15) is 4.79 Å². The number of amides is 1. The summed E-state index contributed by atoms with van der Waals surface area (Å²) in [5.41, 5.74) is 2.77. The second-order valence-electron chi connectivity index (χ2n) is 10.4. The second-order valence-corrected chi connectivity index (χ2v) is 11.4. The number of aryl methyl sites for hydroxylation is 1. The maximum absolute atomic E-state index is 11.4. The highest BCUT2D eigenvalue weighted by molar-refractivity contribution is 7.99. The number of nitrogens with zero attached hydrogens (tertiary/aromatic N) is 6. The number of benzene rings is 1. The van der Waals surface area contributed by atoms with Crippen LogP contribution in [0.5, 0.6) is 0 Å². The summed E-state index contributed by atoms with van der Waals surface area (Å²) in [4.78, 5) is 29.9. The lowest BCUT2D eigenvalue weighted by Crippen LogP contribution is -2.49. The van der Waals surface area contributed by atoms with Gasteiger partial charge in [-0.1, -0.05) is 6.42 Å². The number of piperidine rings is 1. The molecule has 10 nitrogen and oxygen atoms in total. The van der Waals surface area contributed by atoms with E-state index in [2.05, 4.69) is 42.5 Å². The Kier molecular flexibility index (Phi) is 9.00. The van der Waals surface area contributed by atoms with Crippen LogP contribution >= 0.6 is 11.8 Å². The molecule has 2 aliphatic heterocycles. The topological polar surface area (TPSA) is 105 Å². The fourth-order valence-electron chi connectivity index (χ4n) is 5.13. The lowest BCUT2D eigenvalue weighted by Gasteiger charge is -2.37. The van der Waals surface area contributed by atoms with Crippen LogP contribution in [-0.2, 0) is 4.79 Å². The Bertz CT molecular complexity index is 1250. The van der Waals surface area contributed by atoms with Crippen LogP contribution < -0.4 is 15.5 Å². The van der Waals surface area contributed by atoms with Gasteiger partial charge in [-0.3, -0.25) is 14.8 Å². The van der Waals surface area contributed by atoms with Crippen LogP contribution in [0, 0.1) is 13.8 Å². The summed E-state index contributed by atoms with van der Waals surface area (Å²) in [6.45, 7) is 14.3. The van der Waals surface area contributed by atoms with Crippen molar-refractivity contribution in [2.45, 2.75) is 50.1 Å². The Hall–Kier alpha value is -3.15. The predicted molar refractivity (Wildman–Crippen MR) is 157 cm³/mol. The smallest absolute Gasteiger partial charge is 0.221 e. The number of H-pyrrole nitrogens is 1. The summed E-state index contributed by atoms with van der Waals surface area (Å²) in [5.74, 6) is 2.38.